The summed E-state index contributed by atoms with van der Waals surface area (Å²) in [5.41, 5.74) is 2.47. The smallest absolute Gasteiger partial charge is 0.0702 e. The van der Waals surface area contributed by atoms with Gasteiger partial charge in [-0.15, -0.1) is 0 Å². The Morgan fingerprint density at radius 2 is 1.90 bits per heavy atom. The Labute approximate surface area is 177 Å². The van der Waals surface area contributed by atoms with Crippen molar-refractivity contribution in [1.82, 2.24) is 20.0 Å². The predicted molar refractivity (Wildman–Crippen MR) is 118 cm³/mol. The summed E-state index contributed by atoms with van der Waals surface area (Å²) < 4.78 is 5.98. The first kappa shape index (κ1) is 21.3. The number of aromatic amines is 1. The fourth-order valence-corrected chi connectivity index (χ4v) is 5.67. The zero-order valence-corrected chi connectivity index (χ0v) is 18.7. The number of rotatable bonds is 9. The molecule has 29 heavy (non-hydrogen) atoms. The Hall–Kier alpha value is -0.910. The highest BCUT2D eigenvalue weighted by Gasteiger charge is 2.29. The summed E-state index contributed by atoms with van der Waals surface area (Å²) in [7, 11) is 0. The second-order valence-corrected chi connectivity index (χ2v) is 10.2. The van der Waals surface area contributed by atoms with Crippen molar-refractivity contribution in [3.05, 3.63) is 17.5 Å². The molecule has 5 heteroatoms. The zero-order valence-electron chi connectivity index (χ0n) is 18.7. The van der Waals surface area contributed by atoms with Gasteiger partial charge >= 0.3 is 0 Å². The Bertz CT molecular complexity index is 596. The van der Waals surface area contributed by atoms with E-state index in [0.29, 0.717) is 12.0 Å². The van der Waals surface area contributed by atoms with Crippen LogP contribution in [0.3, 0.4) is 0 Å². The van der Waals surface area contributed by atoms with Crippen molar-refractivity contribution in [3.8, 4) is 0 Å². The maximum atomic E-state index is 5.98. The summed E-state index contributed by atoms with van der Waals surface area (Å²) >= 11 is 0. The normalized spacial score (nSPS) is 25.0. The standard InChI is InChI=1S/C24H42N4O/c1-19(2)14-21-15-22(26-25-21)17-27(18-24-8-5-13-29-24)16-20-9-11-28(12-10-20)23-6-3-4-7-23/h15,19-20,23-24H,3-14,16-18H2,1-2H3,(H,25,26)/t24-/m1/s1. The molecule has 0 spiro atoms. The molecule has 1 aromatic heterocycles. The fourth-order valence-electron chi connectivity index (χ4n) is 5.67. The molecule has 2 saturated heterocycles. The number of nitrogens with one attached hydrogen (secondary N) is 1. The number of H-pyrrole nitrogens is 1. The van der Waals surface area contributed by atoms with Crippen LogP contribution >= 0.6 is 0 Å². The van der Waals surface area contributed by atoms with Gasteiger partial charge in [0.25, 0.3) is 0 Å². The number of piperidine rings is 1. The Morgan fingerprint density at radius 1 is 1.10 bits per heavy atom. The van der Waals surface area contributed by atoms with Crippen molar-refractivity contribution in [2.75, 3.05) is 32.8 Å². The first-order chi connectivity index (χ1) is 14.2. The molecule has 1 atom stereocenters. The molecule has 0 amide bonds. The molecule has 1 aromatic rings. The van der Waals surface area contributed by atoms with Crippen molar-refractivity contribution in [2.45, 2.75) is 90.3 Å². The van der Waals surface area contributed by atoms with Gasteiger partial charge in [0.2, 0.25) is 0 Å². The summed E-state index contributed by atoms with van der Waals surface area (Å²) in [6.07, 6.45) is 12.4. The molecular formula is C24H42N4O. The molecular weight excluding hydrogens is 360 g/mol. The summed E-state index contributed by atoms with van der Waals surface area (Å²) in [6.45, 7) is 11.3. The fraction of sp³-hybridized carbons (Fsp3) is 0.875. The lowest BCUT2D eigenvalue weighted by Gasteiger charge is -2.38. The van der Waals surface area contributed by atoms with E-state index in [1.165, 1.54) is 82.4 Å². The minimum absolute atomic E-state index is 0.423. The third-order valence-corrected chi connectivity index (χ3v) is 7.19. The SMILES string of the molecule is CC(C)Cc1cc(CN(CC2CCN(C3CCCC3)CC2)C[C@H]2CCCO2)[nH]n1. The lowest BCUT2D eigenvalue weighted by molar-refractivity contribution is 0.0535. The van der Waals surface area contributed by atoms with E-state index in [-0.39, 0.29) is 0 Å². The van der Waals surface area contributed by atoms with E-state index < -0.39 is 0 Å². The lowest BCUT2D eigenvalue weighted by atomic mass is 9.94. The molecule has 0 radical (unpaired) electrons. The highest BCUT2D eigenvalue weighted by Crippen LogP contribution is 2.28. The van der Waals surface area contributed by atoms with E-state index >= 15 is 0 Å². The molecule has 3 fully saturated rings. The topological polar surface area (TPSA) is 44.4 Å². The van der Waals surface area contributed by atoms with Gasteiger partial charge in [0, 0.05) is 38.0 Å². The third kappa shape index (κ3) is 6.28. The van der Waals surface area contributed by atoms with Gasteiger partial charge in [-0.2, -0.15) is 5.10 Å². The maximum absolute atomic E-state index is 5.98. The van der Waals surface area contributed by atoms with Gasteiger partial charge < -0.3 is 9.64 Å². The van der Waals surface area contributed by atoms with Crippen LogP contribution in [0, 0.1) is 11.8 Å². The van der Waals surface area contributed by atoms with Crippen LogP contribution in [0.5, 0.6) is 0 Å². The number of nitrogens with zero attached hydrogens (tertiary/aromatic N) is 3. The molecule has 0 aromatic carbocycles. The second-order valence-electron chi connectivity index (χ2n) is 10.2. The van der Waals surface area contributed by atoms with Crippen LogP contribution in [0.15, 0.2) is 6.07 Å². The molecule has 4 rings (SSSR count). The van der Waals surface area contributed by atoms with E-state index in [0.717, 1.165) is 38.1 Å². The van der Waals surface area contributed by atoms with Gasteiger partial charge in [-0.1, -0.05) is 26.7 Å². The maximum Gasteiger partial charge on any atom is 0.0702 e. The van der Waals surface area contributed by atoms with Crippen LogP contribution in [0.4, 0.5) is 0 Å². The quantitative estimate of drug-likeness (QED) is 0.671. The first-order valence-electron chi connectivity index (χ1n) is 12.3. The summed E-state index contributed by atoms with van der Waals surface area (Å²) in [5.74, 6) is 1.48. The highest BCUT2D eigenvalue weighted by atomic mass is 16.5. The van der Waals surface area contributed by atoms with Crippen molar-refractivity contribution in [1.29, 1.82) is 0 Å². The molecule has 3 heterocycles. The van der Waals surface area contributed by atoms with Crippen LogP contribution < -0.4 is 0 Å². The van der Waals surface area contributed by atoms with Crippen LogP contribution in [-0.2, 0) is 17.7 Å². The van der Waals surface area contributed by atoms with Crippen LogP contribution in [-0.4, -0.2) is 64.9 Å². The number of aromatic nitrogens is 2. The molecule has 5 nitrogen and oxygen atoms in total. The van der Waals surface area contributed by atoms with Crippen LogP contribution in [0.1, 0.15) is 76.6 Å². The number of hydrogen-bond acceptors (Lipinski definition) is 4. The van der Waals surface area contributed by atoms with Gasteiger partial charge in [-0.05, 0) is 75.9 Å². The Balaban J connectivity index is 1.31. The van der Waals surface area contributed by atoms with Crippen molar-refractivity contribution < 1.29 is 4.74 Å². The van der Waals surface area contributed by atoms with E-state index in [1.807, 2.05) is 0 Å². The number of ether oxygens (including phenoxy) is 1. The van der Waals surface area contributed by atoms with E-state index in [2.05, 4.69) is 39.9 Å². The van der Waals surface area contributed by atoms with E-state index in [4.69, 9.17) is 4.74 Å². The summed E-state index contributed by atoms with van der Waals surface area (Å²) in [6, 6.07) is 3.17. The Morgan fingerprint density at radius 3 is 2.59 bits per heavy atom. The predicted octanol–water partition coefficient (Wildman–Crippen LogP) is 4.24. The minimum Gasteiger partial charge on any atom is -0.377 e. The van der Waals surface area contributed by atoms with Crippen molar-refractivity contribution in [3.63, 3.8) is 0 Å². The number of likely N-dealkylation sites (tertiary alicyclic amines) is 1. The highest BCUT2D eigenvalue weighted by molar-refractivity contribution is 5.09. The number of hydrogen-bond donors (Lipinski definition) is 1. The molecule has 1 aliphatic carbocycles. The summed E-state index contributed by atoms with van der Waals surface area (Å²) in [5, 5.41) is 7.86. The minimum atomic E-state index is 0.423. The molecule has 3 aliphatic rings. The van der Waals surface area contributed by atoms with E-state index in [1.54, 1.807) is 0 Å². The molecule has 1 N–H and O–H groups in total. The summed E-state index contributed by atoms with van der Waals surface area (Å²) in [4.78, 5) is 5.44. The van der Waals surface area contributed by atoms with Gasteiger partial charge in [0.1, 0.15) is 0 Å². The molecule has 0 bridgehead atoms. The Kier molecular flexibility index (Phi) is 7.65. The molecule has 2 aliphatic heterocycles. The average Bonchev–Trinajstić information content (AvgIpc) is 3.45. The average molecular weight is 403 g/mol. The van der Waals surface area contributed by atoms with Gasteiger partial charge in [-0.3, -0.25) is 10.00 Å². The second kappa shape index (κ2) is 10.4. The van der Waals surface area contributed by atoms with Gasteiger partial charge in [-0.25, -0.2) is 0 Å². The largest absolute Gasteiger partial charge is 0.377 e. The molecule has 0 unspecified atom stereocenters. The van der Waals surface area contributed by atoms with Crippen LogP contribution in [0.2, 0.25) is 0 Å². The first-order valence-corrected chi connectivity index (χ1v) is 12.3. The van der Waals surface area contributed by atoms with Gasteiger partial charge in [0.15, 0.2) is 0 Å². The molecule has 164 valence electrons. The zero-order chi connectivity index (χ0) is 20.1. The lowest BCUT2D eigenvalue weighted by Crippen LogP contribution is -2.43. The van der Waals surface area contributed by atoms with Gasteiger partial charge in [0.05, 0.1) is 11.8 Å². The van der Waals surface area contributed by atoms with Crippen LogP contribution in [0.25, 0.3) is 0 Å². The molecule has 1 saturated carbocycles. The van der Waals surface area contributed by atoms with E-state index in [9.17, 15) is 0 Å². The van der Waals surface area contributed by atoms with Crippen molar-refractivity contribution in [2.24, 2.45) is 11.8 Å². The van der Waals surface area contributed by atoms with Crippen molar-refractivity contribution >= 4 is 0 Å². The third-order valence-electron chi connectivity index (χ3n) is 7.19. The monoisotopic (exact) mass is 402 g/mol.